The molecule has 2 N–H and O–H groups in total. The minimum Gasteiger partial charge on any atom is -0.360 e. The van der Waals surface area contributed by atoms with E-state index in [0.29, 0.717) is 5.75 Å². The third-order valence-corrected chi connectivity index (χ3v) is 5.02. The van der Waals surface area contributed by atoms with Crippen LogP contribution in [0.2, 0.25) is 0 Å². The summed E-state index contributed by atoms with van der Waals surface area (Å²) in [5, 5.41) is 12.0. The molecular weight excluding hydrogens is 282 g/mol. The van der Waals surface area contributed by atoms with Crippen molar-refractivity contribution < 1.29 is 9.69 Å². The number of piperazine rings is 1. The molecule has 0 radical (unpaired) electrons. The number of thioether (sulfide) groups is 1. The monoisotopic (exact) mass is 302 g/mol. The normalized spacial score (nSPS) is 16.6. The van der Waals surface area contributed by atoms with E-state index in [4.69, 9.17) is 0 Å². The van der Waals surface area contributed by atoms with E-state index in [1.807, 2.05) is 11.8 Å². The lowest BCUT2D eigenvalue weighted by Crippen LogP contribution is -3.12. The Bertz CT molecular complexity index is 417. The minimum absolute atomic E-state index is 0.206. The molecule has 8 heteroatoms. The van der Waals surface area contributed by atoms with Crippen molar-refractivity contribution in [2.75, 3.05) is 50.8 Å². The van der Waals surface area contributed by atoms with Gasteiger partial charge in [0.15, 0.2) is 4.34 Å². The first kappa shape index (κ1) is 14.5. The Hall–Kier alpha value is -0.860. The first-order valence-electron chi connectivity index (χ1n) is 6.48. The lowest BCUT2D eigenvalue weighted by Gasteiger charge is -2.29. The van der Waals surface area contributed by atoms with Crippen LogP contribution in [-0.2, 0) is 4.79 Å². The second-order valence-electron chi connectivity index (χ2n) is 4.53. The summed E-state index contributed by atoms with van der Waals surface area (Å²) in [6, 6.07) is 0. The van der Waals surface area contributed by atoms with Gasteiger partial charge in [-0.1, -0.05) is 23.1 Å². The fourth-order valence-electron chi connectivity index (χ4n) is 1.84. The number of nitrogens with zero attached hydrogens (tertiary/aromatic N) is 3. The maximum atomic E-state index is 12.0. The molecule has 2 rings (SSSR count). The Morgan fingerprint density at radius 2 is 2.21 bits per heavy atom. The number of hydrogen-bond donors (Lipinski definition) is 2. The highest BCUT2D eigenvalue weighted by Crippen LogP contribution is 2.25. The van der Waals surface area contributed by atoms with Gasteiger partial charge in [-0.05, 0) is 6.92 Å². The Balaban J connectivity index is 1.76. The number of hydrogen-bond acceptors (Lipinski definition) is 6. The third-order valence-electron chi connectivity index (χ3n) is 3.02. The molecule has 19 heavy (non-hydrogen) atoms. The van der Waals surface area contributed by atoms with E-state index >= 15 is 0 Å². The smallest absolute Gasteiger partial charge is 0.233 e. The molecule has 0 bridgehead atoms. The molecule has 0 spiro atoms. The standard InChI is InChI=1S/C11H19N5OS2/c1-3-12-10-13-14-11(19-10)18-8-9(17)16-6-4-15(2)5-7-16/h3-8H2,1-2H3,(H,12,13)/p+1. The molecule has 0 saturated carbocycles. The highest BCUT2D eigenvalue weighted by Gasteiger charge is 2.21. The number of carbonyl (C=O) groups is 1. The van der Waals surface area contributed by atoms with Crippen LogP contribution in [0.15, 0.2) is 4.34 Å². The molecule has 1 aliphatic rings. The molecule has 1 aromatic rings. The largest absolute Gasteiger partial charge is 0.360 e. The summed E-state index contributed by atoms with van der Waals surface area (Å²) in [7, 11) is 2.17. The lowest BCUT2D eigenvalue weighted by molar-refractivity contribution is -0.883. The maximum Gasteiger partial charge on any atom is 0.233 e. The van der Waals surface area contributed by atoms with E-state index in [0.717, 1.165) is 42.2 Å². The molecule has 0 unspecified atom stereocenters. The Morgan fingerprint density at radius 1 is 1.47 bits per heavy atom. The molecule has 1 aromatic heterocycles. The first-order valence-corrected chi connectivity index (χ1v) is 8.28. The van der Waals surface area contributed by atoms with Gasteiger partial charge in [-0.25, -0.2) is 0 Å². The Labute approximate surface area is 121 Å². The predicted octanol–water partition coefficient (Wildman–Crippen LogP) is -0.581. The minimum atomic E-state index is 0.206. The summed E-state index contributed by atoms with van der Waals surface area (Å²) < 4.78 is 0.851. The zero-order valence-corrected chi connectivity index (χ0v) is 12.9. The lowest BCUT2D eigenvalue weighted by atomic mass is 10.3. The van der Waals surface area contributed by atoms with E-state index < -0.39 is 0 Å². The van der Waals surface area contributed by atoms with Gasteiger partial charge in [0, 0.05) is 6.54 Å². The van der Waals surface area contributed by atoms with E-state index in [9.17, 15) is 4.79 Å². The van der Waals surface area contributed by atoms with Gasteiger partial charge in [0.1, 0.15) is 0 Å². The number of aromatic nitrogens is 2. The highest BCUT2D eigenvalue weighted by molar-refractivity contribution is 8.01. The number of rotatable bonds is 5. The van der Waals surface area contributed by atoms with Gasteiger partial charge in [-0.2, -0.15) is 0 Å². The molecule has 1 amide bonds. The number of likely N-dealkylation sites (N-methyl/N-ethyl adjacent to an activating group) is 1. The molecule has 1 fully saturated rings. The Kier molecular flexibility index (Phi) is 5.41. The van der Waals surface area contributed by atoms with Crippen LogP contribution in [0.4, 0.5) is 5.13 Å². The summed E-state index contributed by atoms with van der Waals surface area (Å²) in [5.41, 5.74) is 0. The summed E-state index contributed by atoms with van der Waals surface area (Å²) in [6.45, 7) is 6.67. The molecule has 6 nitrogen and oxygen atoms in total. The van der Waals surface area contributed by atoms with Gasteiger partial charge in [-0.15, -0.1) is 10.2 Å². The van der Waals surface area contributed by atoms with Crippen molar-refractivity contribution in [1.82, 2.24) is 15.1 Å². The number of carbonyl (C=O) groups excluding carboxylic acids is 1. The van der Waals surface area contributed by atoms with Crippen LogP contribution in [0.25, 0.3) is 0 Å². The molecule has 0 aromatic carbocycles. The van der Waals surface area contributed by atoms with Gasteiger partial charge in [0.2, 0.25) is 11.0 Å². The van der Waals surface area contributed by atoms with E-state index in [1.54, 1.807) is 0 Å². The predicted molar refractivity (Wildman–Crippen MR) is 78.0 cm³/mol. The van der Waals surface area contributed by atoms with Gasteiger partial charge in [0.25, 0.3) is 0 Å². The van der Waals surface area contributed by atoms with Crippen LogP contribution < -0.4 is 10.2 Å². The van der Waals surface area contributed by atoms with Crippen LogP contribution >= 0.6 is 23.1 Å². The summed E-state index contributed by atoms with van der Waals surface area (Å²) in [4.78, 5) is 15.5. The number of quaternary nitrogens is 1. The molecule has 2 heterocycles. The first-order chi connectivity index (χ1) is 9.19. The van der Waals surface area contributed by atoms with E-state index in [2.05, 4.69) is 22.6 Å². The zero-order valence-electron chi connectivity index (χ0n) is 11.3. The quantitative estimate of drug-likeness (QED) is 0.713. The van der Waals surface area contributed by atoms with Crippen molar-refractivity contribution in [2.45, 2.75) is 11.3 Å². The summed E-state index contributed by atoms with van der Waals surface area (Å²) >= 11 is 2.98. The number of nitrogens with one attached hydrogen (secondary N) is 2. The van der Waals surface area contributed by atoms with Crippen molar-refractivity contribution >= 4 is 34.1 Å². The van der Waals surface area contributed by atoms with E-state index in [-0.39, 0.29) is 5.91 Å². The van der Waals surface area contributed by atoms with Gasteiger partial charge >= 0.3 is 0 Å². The van der Waals surface area contributed by atoms with Crippen LogP contribution in [-0.4, -0.2) is 66.5 Å². The Morgan fingerprint density at radius 3 is 2.89 bits per heavy atom. The van der Waals surface area contributed by atoms with Crippen LogP contribution in [0.5, 0.6) is 0 Å². The van der Waals surface area contributed by atoms with Gasteiger partial charge in [-0.3, -0.25) is 4.79 Å². The third kappa shape index (κ3) is 4.32. The summed E-state index contributed by atoms with van der Waals surface area (Å²) in [5.74, 6) is 0.664. The molecule has 1 aliphatic heterocycles. The SMILES string of the molecule is CCNc1nnc(SCC(=O)N2CC[NH+](C)CC2)s1. The molecule has 0 aliphatic carbocycles. The van der Waals surface area contributed by atoms with Crippen molar-refractivity contribution in [2.24, 2.45) is 0 Å². The molecule has 0 atom stereocenters. The van der Waals surface area contributed by atoms with Crippen LogP contribution in [0, 0.1) is 0 Å². The van der Waals surface area contributed by atoms with Crippen LogP contribution in [0.3, 0.4) is 0 Å². The van der Waals surface area contributed by atoms with Crippen molar-refractivity contribution in [3.63, 3.8) is 0 Å². The number of anilines is 1. The maximum absolute atomic E-state index is 12.0. The van der Waals surface area contributed by atoms with Gasteiger partial charge in [0.05, 0.1) is 39.0 Å². The van der Waals surface area contributed by atoms with Crippen LogP contribution in [0.1, 0.15) is 6.92 Å². The van der Waals surface area contributed by atoms with Crippen molar-refractivity contribution in [3.8, 4) is 0 Å². The fourth-order valence-corrected chi connectivity index (χ4v) is 3.57. The topological polar surface area (TPSA) is 62.6 Å². The average Bonchev–Trinajstić information content (AvgIpc) is 2.85. The van der Waals surface area contributed by atoms with Crippen molar-refractivity contribution in [3.05, 3.63) is 0 Å². The van der Waals surface area contributed by atoms with Gasteiger partial charge < -0.3 is 15.1 Å². The molecule has 1 saturated heterocycles. The number of amides is 1. The van der Waals surface area contributed by atoms with E-state index in [1.165, 1.54) is 28.0 Å². The summed E-state index contributed by atoms with van der Waals surface area (Å²) in [6.07, 6.45) is 0. The molecular formula is C11H20N5OS2+. The van der Waals surface area contributed by atoms with Crippen molar-refractivity contribution in [1.29, 1.82) is 0 Å². The molecule has 106 valence electrons. The second kappa shape index (κ2) is 7.06. The highest BCUT2D eigenvalue weighted by atomic mass is 32.2. The zero-order chi connectivity index (χ0) is 13.7. The fraction of sp³-hybridized carbons (Fsp3) is 0.727. The average molecular weight is 302 g/mol. The second-order valence-corrected chi connectivity index (χ2v) is 6.73.